The van der Waals surface area contributed by atoms with Gasteiger partial charge in [0, 0.05) is 12.2 Å². The van der Waals surface area contributed by atoms with Crippen molar-refractivity contribution in [3.05, 3.63) is 65.5 Å². The van der Waals surface area contributed by atoms with E-state index in [-0.39, 0.29) is 24.2 Å². The maximum absolute atomic E-state index is 12.8. The number of ether oxygens (including phenoxy) is 1. The second kappa shape index (κ2) is 9.42. The van der Waals surface area contributed by atoms with Crippen LogP contribution in [0.15, 0.2) is 48.5 Å². The standard InChI is InChI=1S/C19H21FN2O3/c1-2-25-19(24)15-5-9-17(10-6-15)22-13-18(23)21-12-11-14-3-7-16(20)8-4-14/h3-10,22H,2,11-13H2,1H3,(H,21,23). The molecule has 2 aromatic carbocycles. The fourth-order valence-electron chi connectivity index (χ4n) is 2.18. The normalized spacial score (nSPS) is 10.2. The van der Waals surface area contributed by atoms with Crippen molar-refractivity contribution in [1.82, 2.24) is 5.32 Å². The molecule has 0 atom stereocenters. The van der Waals surface area contributed by atoms with Crippen molar-refractivity contribution < 1.29 is 18.7 Å². The first kappa shape index (κ1) is 18.4. The van der Waals surface area contributed by atoms with Gasteiger partial charge < -0.3 is 15.4 Å². The monoisotopic (exact) mass is 344 g/mol. The number of benzene rings is 2. The minimum atomic E-state index is -0.368. The zero-order valence-corrected chi connectivity index (χ0v) is 14.0. The minimum absolute atomic E-state index is 0.127. The highest BCUT2D eigenvalue weighted by atomic mass is 19.1. The summed E-state index contributed by atoms with van der Waals surface area (Å²) in [4.78, 5) is 23.4. The Morgan fingerprint density at radius 3 is 2.36 bits per heavy atom. The van der Waals surface area contributed by atoms with Crippen molar-refractivity contribution >= 4 is 17.6 Å². The van der Waals surface area contributed by atoms with E-state index in [1.54, 1.807) is 43.3 Å². The van der Waals surface area contributed by atoms with Gasteiger partial charge in [-0.1, -0.05) is 12.1 Å². The first-order valence-corrected chi connectivity index (χ1v) is 8.10. The Bertz CT molecular complexity index is 700. The maximum Gasteiger partial charge on any atom is 0.338 e. The second-order valence-corrected chi connectivity index (χ2v) is 5.38. The number of rotatable bonds is 8. The molecule has 0 aliphatic carbocycles. The highest BCUT2D eigenvalue weighted by molar-refractivity contribution is 5.90. The molecule has 0 radical (unpaired) electrons. The van der Waals surface area contributed by atoms with Crippen LogP contribution in [0.3, 0.4) is 0 Å². The highest BCUT2D eigenvalue weighted by Gasteiger charge is 2.06. The fourth-order valence-corrected chi connectivity index (χ4v) is 2.18. The predicted molar refractivity (Wildman–Crippen MR) is 94.0 cm³/mol. The lowest BCUT2D eigenvalue weighted by Crippen LogP contribution is -2.31. The maximum atomic E-state index is 12.8. The summed E-state index contributed by atoms with van der Waals surface area (Å²) in [5, 5.41) is 5.78. The zero-order chi connectivity index (χ0) is 18.1. The highest BCUT2D eigenvalue weighted by Crippen LogP contribution is 2.10. The molecule has 6 heteroatoms. The summed E-state index contributed by atoms with van der Waals surface area (Å²) >= 11 is 0. The predicted octanol–water partition coefficient (Wildman–Crippen LogP) is 2.77. The molecule has 0 saturated carbocycles. The van der Waals surface area contributed by atoms with Gasteiger partial charge in [0.2, 0.25) is 5.91 Å². The van der Waals surface area contributed by atoms with E-state index >= 15 is 0 Å². The van der Waals surface area contributed by atoms with Crippen molar-refractivity contribution in [3.8, 4) is 0 Å². The van der Waals surface area contributed by atoms with Gasteiger partial charge in [-0.05, 0) is 55.3 Å². The third-order valence-electron chi connectivity index (χ3n) is 3.50. The molecular formula is C19H21FN2O3. The molecule has 0 aliphatic heterocycles. The van der Waals surface area contributed by atoms with Crippen LogP contribution in [0.1, 0.15) is 22.8 Å². The number of carbonyl (C=O) groups excluding carboxylic acids is 2. The molecule has 132 valence electrons. The number of anilines is 1. The Balaban J connectivity index is 1.70. The average molecular weight is 344 g/mol. The number of hydrogen-bond donors (Lipinski definition) is 2. The van der Waals surface area contributed by atoms with E-state index in [0.717, 1.165) is 11.3 Å². The average Bonchev–Trinajstić information content (AvgIpc) is 2.62. The Labute approximate surface area is 146 Å². The first-order valence-electron chi connectivity index (χ1n) is 8.10. The molecule has 5 nitrogen and oxygen atoms in total. The summed E-state index contributed by atoms with van der Waals surface area (Å²) in [6, 6.07) is 12.9. The first-order chi connectivity index (χ1) is 12.1. The summed E-state index contributed by atoms with van der Waals surface area (Å²) in [6.45, 7) is 2.69. The summed E-state index contributed by atoms with van der Waals surface area (Å²) < 4.78 is 17.7. The van der Waals surface area contributed by atoms with Crippen molar-refractivity contribution in [2.45, 2.75) is 13.3 Å². The van der Waals surface area contributed by atoms with Crippen molar-refractivity contribution in [2.75, 3.05) is 25.0 Å². The smallest absolute Gasteiger partial charge is 0.338 e. The van der Waals surface area contributed by atoms with Crippen LogP contribution in [0.4, 0.5) is 10.1 Å². The molecule has 2 aromatic rings. The van der Waals surface area contributed by atoms with Gasteiger partial charge in [0.05, 0.1) is 18.7 Å². The Hall–Kier alpha value is -2.89. The third-order valence-corrected chi connectivity index (χ3v) is 3.50. The van der Waals surface area contributed by atoms with Crippen molar-refractivity contribution in [2.24, 2.45) is 0 Å². The summed E-state index contributed by atoms with van der Waals surface area (Å²) in [6.07, 6.45) is 0.639. The van der Waals surface area contributed by atoms with Gasteiger partial charge in [0.25, 0.3) is 0 Å². The minimum Gasteiger partial charge on any atom is -0.462 e. The van der Waals surface area contributed by atoms with Gasteiger partial charge in [-0.3, -0.25) is 4.79 Å². The third kappa shape index (κ3) is 6.25. The molecule has 0 heterocycles. The van der Waals surface area contributed by atoms with Gasteiger partial charge in [0.1, 0.15) is 5.82 Å². The summed E-state index contributed by atoms with van der Waals surface area (Å²) in [5.41, 5.74) is 2.17. The van der Waals surface area contributed by atoms with Gasteiger partial charge in [-0.2, -0.15) is 0 Å². The number of nitrogens with one attached hydrogen (secondary N) is 2. The Kier molecular flexibility index (Phi) is 6.95. The molecule has 2 N–H and O–H groups in total. The molecule has 0 spiro atoms. The van der Waals surface area contributed by atoms with Gasteiger partial charge in [-0.15, -0.1) is 0 Å². The van der Waals surface area contributed by atoms with E-state index in [2.05, 4.69) is 10.6 Å². The van der Waals surface area contributed by atoms with E-state index in [0.29, 0.717) is 25.1 Å². The molecule has 25 heavy (non-hydrogen) atoms. The molecular weight excluding hydrogens is 323 g/mol. The number of carbonyl (C=O) groups is 2. The van der Waals surface area contributed by atoms with Crippen molar-refractivity contribution in [1.29, 1.82) is 0 Å². The van der Waals surface area contributed by atoms with Crippen LogP contribution in [0.25, 0.3) is 0 Å². The van der Waals surface area contributed by atoms with Crippen LogP contribution in [-0.2, 0) is 16.0 Å². The van der Waals surface area contributed by atoms with E-state index in [1.165, 1.54) is 12.1 Å². The molecule has 0 unspecified atom stereocenters. The van der Waals surface area contributed by atoms with Crippen molar-refractivity contribution in [3.63, 3.8) is 0 Å². The van der Waals surface area contributed by atoms with E-state index < -0.39 is 0 Å². The molecule has 2 rings (SSSR count). The topological polar surface area (TPSA) is 67.4 Å². The summed E-state index contributed by atoms with van der Waals surface area (Å²) in [5.74, 6) is -0.782. The van der Waals surface area contributed by atoms with Gasteiger partial charge >= 0.3 is 5.97 Å². The van der Waals surface area contributed by atoms with Crippen LogP contribution in [0.2, 0.25) is 0 Å². The molecule has 0 fully saturated rings. The number of hydrogen-bond acceptors (Lipinski definition) is 4. The quantitative estimate of drug-likeness (QED) is 0.723. The zero-order valence-electron chi connectivity index (χ0n) is 14.0. The molecule has 1 amide bonds. The lowest BCUT2D eigenvalue weighted by Gasteiger charge is -2.08. The SMILES string of the molecule is CCOC(=O)c1ccc(NCC(=O)NCCc2ccc(F)cc2)cc1. The Morgan fingerprint density at radius 2 is 1.72 bits per heavy atom. The van der Waals surface area contributed by atoms with Crippen LogP contribution in [0, 0.1) is 5.82 Å². The van der Waals surface area contributed by atoms with E-state index in [4.69, 9.17) is 4.74 Å². The lowest BCUT2D eigenvalue weighted by atomic mass is 10.1. The summed E-state index contributed by atoms with van der Waals surface area (Å²) in [7, 11) is 0. The largest absolute Gasteiger partial charge is 0.462 e. The molecule has 0 bridgehead atoms. The molecule has 0 aromatic heterocycles. The van der Waals surface area contributed by atoms with Gasteiger partial charge in [0.15, 0.2) is 0 Å². The van der Waals surface area contributed by atoms with Crippen LogP contribution < -0.4 is 10.6 Å². The number of halogens is 1. The number of esters is 1. The fraction of sp³-hybridized carbons (Fsp3) is 0.263. The second-order valence-electron chi connectivity index (χ2n) is 5.38. The van der Waals surface area contributed by atoms with Crippen LogP contribution >= 0.6 is 0 Å². The molecule has 0 saturated heterocycles. The lowest BCUT2D eigenvalue weighted by molar-refractivity contribution is -0.119. The van der Waals surface area contributed by atoms with Gasteiger partial charge in [-0.25, -0.2) is 9.18 Å². The number of amides is 1. The van der Waals surface area contributed by atoms with E-state index in [9.17, 15) is 14.0 Å². The molecule has 0 aliphatic rings. The Morgan fingerprint density at radius 1 is 1.04 bits per heavy atom. The van der Waals surface area contributed by atoms with Crippen LogP contribution in [-0.4, -0.2) is 31.6 Å². The van der Waals surface area contributed by atoms with Crippen LogP contribution in [0.5, 0.6) is 0 Å². The van der Waals surface area contributed by atoms with E-state index in [1.807, 2.05) is 0 Å².